The molecule has 2 aromatic carbocycles. The number of anilines is 1. The van der Waals surface area contributed by atoms with Crippen molar-refractivity contribution in [2.75, 3.05) is 5.32 Å². The fourth-order valence-corrected chi connectivity index (χ4v) is 4.43. The third-order valence-corrected chi connectivity index (χ3v) is 6.85. The SMILES string of the molecule is CCCCCCCCCCCCC(Oc1ccc(O)c(C(C)(C)C)c1)C(=O)Nc1cc(F)c(C)c(F)c1O. The molecule has 0 aliphatic heterocycles. The van der Waals surface area contributed by atoms with E-state index in [1.54, 1.807) is 12.1 Å². The van der Waals surface area contributed by atoms with Gasteiger partial charge in [-0.1, -0.05) is 85.5 Å². The maximum atomic E-state index is 14.2. The number of carbonyl (C=O) groups is 1. The molecular formula is C31H45F2NO4. The molecule has 0 bridgehead atoms. The first-order chi connectivity index (χ1) is 18.0. The molecule has 2 aromatic rings. The van der Waals surface area contributed by atoms with Gasteiger partial charge >= 0.3 is 0 Å². The summed E-state index contributed by atoms with van der Waals surface area (Å²) in [7, 11) is 0. The van der Waals surface area contributed by atoms with Gasteiger partial charge in [-0.15, -0.1) is 0 Å². The van der Waals surface area contributed by atoms with Crippen molar-refractivity contribution < 1.29 is 28.5 Å². The van der Waals surface area contributed by atoms with Gasteiger partial charge < -0.3 is 20.3 Å². The summed E-state index contributed by atoms with van der Waals surface area (Å²) >= 11 is 0. The molecule has 0 saturated heterocycles. The van der Waals surface area contributed by atoms with Gasteiger partial charge in [-0.25, -0.2) is 8.78 Å². The Bertz CT molecular complexity index is 1050. The van der Waals surface area contributed by atoms with Gasteiger partial charge in [0.1, 0.15) is 17.3 Å². The van der Waals surface area contributed by atoms with Crippen LogP contribution in [-0.2, 0) is 10.2 Å². The van der Waals surface area contributed by atoms with Gasteiger partial charge in [0.15, 0.2) is 17.7 Å². The second kappa shape index (κ2) is 14.9. The Morgan fingerprint density at radius 1 is 0.947 bits per heavy atom. The van der Waals surface area contributed by atoms with Crippen LogP contribution in [0.15, 0.2) is 24.3 Å². The highest BCUT2D eigenvalue weighted by Crippen LogP contribution is 2.35. The quantitative estimate of drug-likeness (QED) is 0.158. The minimum atomic E-state index is -1.11. The number of ether oxygens (including phenoxy) is 1. The highest BCUT2D eigenvalue weighted by molar-refractivity contribution is 5.95. The van der Waals surface area contributed by atoms with E-state index in [4.69, 9.17) is 4.74 Å². The predicted molar refractivity (Wildman–Crippen MR) is 149 cm³/mol. The maximum Gasteiger partial charge on any atom is 0.265 e. The summed E-state index contributed by atoms with van der Waals surface area (Å²) in [5.74, 6) is -2.85. The Balaban J connectivity index is 2.08. The molecule has 0 saturated carbocycles. The normalized spacial score (nSPS) is 12.4. The van der Waals surface area contributed by atoms with E-state index in [1.165, 1.54) is 51.5 Å². The lowest BCUT2D eigenvalue weighted by Crippen LogP contribution is -2.33. The Labute approximate surface area is 226 Å². The molecule has 1 atom stereocenters. The van der Waals surface area contributed by atoms with Crippen molar-refractivity contribution in [1.82, 2.24) is 0 Å². The van der Waals surface area contributed by atoms with E-state index in [1.807, 2.05) is 20.8 Å². The van der Waals surface area contributed by atoms with Crippen molar-refractivity contribution >= 4 is 11.6 Å². The fraction of sp³-hybridized carbons (Fsp3) is 0.581. The van der Waals surface area contributed by atoms with Gasteiger partial charge in [-0.2, -0.15) is 0 Å². The summed E-state index contributed by atoms with van der Waals surface area (Å²) in [4.78, 5) is 13.2. The predicted octanol–water partition coefficient (Wildman–Crippen LogP) is 8.68. The van der Waals surface area contributed by atoms with Gasteiger partial charge in [0.2, 0.25) is 0 Å². The first-order valence-corrected chi connectivity index (χ1v) is 13.9. The van der Waals surface area contributed by atoms with E-state index in [0.717, 1.165) is 31.7 Å². The number of hydrogen-bond donors (Lipinski definition) is 3. The van der Waals surface area contributed by atoms with Crippen molar-refractivity contribution in [1.29, 1.82) is 0 Å². The lowest BCUT2D eigenvalue weighted by Gasteiger charge is -2.23. The van der Waals surface area contributed by atoms with Gasteiger partial charge in [0.25, 0.3) is 5.91 Å². The minimum absolute atomic E-state index is 0.135. The lowest BCUT2D eigenvalue weighted by molar-refractivity contribution is -0.123. The third kappa shape index (κ3) is 9.48. The maximum absolute atomic E-state index is 14.2. The number of hydrogen-bond acceptors (Lipinski definition) is 4. The molecule has 0 aliphatic rings. The van der Waals surface area contributed by atoms with Crippen molar-refractivity contribution in [3.05, 3.63) is 47.0 Å². The van der Waals surface area contributed by atoms with Crippen molar-refractivity contribution in [3.8, 4) is 17.2 Å². The number of carbonyl (C=O) groups excluding carboxylic acids is 1. The standard InChI is InChI=1S/C31H45F2NO4/c1-6-7-8-9-10-11-12-13-14-15-16-27(38-22-17-18-26(35)23(19-22)31(3,4)5)30(37)34-25-20-24(32)21(2)28(33)29(25)36/h17-20,27,35-36H,6-16H2,1-5H3,(H,34,37). The molecule has 0 fully saturated rings. The monoisotopic (exact) mass is 533 g/mol. The van der Waals surface area contributed by atoms with Crippen LogP contribution in [0.4, 0.5) is 14.5 Å². The summed E-state index contributed by atoms with van der Waals surface area (Å²) in [5.41, 5.74) is -0.334. The zero-order valence-corrected chi connectivity index (χ0v) is 23.6. The van der Waals surface area contributed by atoms with E-state index < -0.39 is 29.4 Å². The topological polar surface area (TPSA) is 78.8 Å². The second-order valence-electron chi connectivity index (χ2n) is 11.2. The third-order valence-electron chi connectivity index (χ3n) is 6.85. The number of nitrogens with one attached hydrogen (secondary N) is 1. The number of phenols is 2. The van der Waals surface area contributed by atoms with Crippen LogP contribution in [0.3, 0.4) is 0 Å². The Kier molecular flexibility index (Phi) is 12.3. The molecule has 38 heavy (non-hydrogen) atoms. The summed E-state index contributed by atoms with van der Waals surface area (Å²) in [6, 6.07) is 5.73. The van der Waals surface area contributed by atoms with E-state index in [0.29, 0.717) is 17.7 Å². The van der Waals surface area contributed by atoms with Crippen molar-refractivity contribution in [2.24, 2.45) is 0 Å². The average molecular weight is 534 g/mol. The van der Waals surface area contributed by atoms with Crippen LogP contribution in [0.2, 0.25) is 0 Å². The molecule has 212 valence electrons. The highest BCUT2D eigenvalue weighted by atomic mass is 19.1. The molecular weight excluding hydrogens is 488 g/mol. The minimum Gasteiger partial charge on any atom is -0.508 e. The van der Waals surface area contributed by atoms with Crippen molar-refractivity contribution in [3.63, 3.8) is 0 Å². The number of rotatable bonds is 15. The molecule has 0 radical (unpaired) electrons. The summed E-state index contributed by atoms with van der Waals surface area (Å²) in [5, 5.41) is 22.8. The van der Waals surface area contributed by atoms with Crippen LogP contribution in [0.5, 0.6) is 17.2 Å². The summed E-state index contributed by atoms with van der Waals surface area (Å²) in [6.45, 7) is 9.31. The largest absolute Gasteiger partial charge is 0.508 e. The van der Waals surface area contributed by atoms with E-state index in [-0.39, 0.29) is 22.4 Å². The second-order valence-corrected chi connectivity index (χ2v) is 11.2. The van der Waals surface area contributed by atoms with E-state index >= 15 is 0 Å². The highest BCUT2D eigenvalue weighted by Gasteiger charge is 2.25. The molecule has 0 spiro atoms. The van der Waals surface area contributed by atoms with Crippen LogP contribution in [0, 0.1) is 18.6 Å². The molecule has 1 unspecified atom stereocenters. The zero-order chi connectivity index (χ0) is 28.3. The van der Waals surface area contributed by atoms with Crippen LogP contribution < -0.4 is 10.1 Å². The Morgan fingerprint density at radius 2 is 1.53 bits per heavy atom. The average Bonchev–Trinajstić information content (AvgIpc) is 2.86. The first-order valence-electron chi connectivity index (χ1n) is 13.9. The van der Waals surface area contributed by atoms with Gasteiger partial charge in [0.05, 0.1) is 5.69 Å². The number of amides is 1. The molecule has 2 rings (SSSR count). The summed E-state index contributed by atoms with van der Waals surface area (Å²) in [6.07, 6.45) is 10.9. The molecule has 1 amide bonds. The Morgan fingerprint density at radius 3 is 2.11 bits per heavy atom. The lowest BCUT2D eigenvalue weighted by atomic mass is 9.86. The molecule has 5 nitrogen and oxygen atoms in total. The molecule has 0 aromatic heterocycles. The molecule has 3 N–H and O–H groups in total. The van der Waals surface area contributed by atoms with E-state index in [2.05, 4.69) is 12.2 Å². The number of halogens is 2. The number of phenolic OH excluding ortho intramolecular Hbond substituents is 2. The smallest absolute Gasteiger partial charge is 0.265 e. The van der Waals surface area contributed by atoms with Gasteiger partial charge in [-0.3, -0.25) is 4.79 Å². The van der Waals surface area contributed by atoms with Gasteiger partial charge in [-0.05, 0) is 43.4 Å². The van der Waals surface area contributed by atoms with Crippen LogP contribution in [0.25, 0.3) is 0 Å². The van der Waals surface area contributed by atoms with E-state index in [9.17, 15) is 23.8 Å². The molecule has 7 heteroatoms. The number of benzene rings is 2. The van der Waals surface area contributed by atoms with Gasteiger partial charge in [0, 0.05) is 17.2 Å². The number of aromatic hydroxyl groups is 2. The van der Waals surface area contributed by atoms with Crippen LogP contribution in [0.1, 0.15) is 109 Å². The van der Waals surface area contributed by atoms with Crippen LogP contribution >= 0.6 is 0 Å². The number of unbranched alkanes of at least 4 members (excludes halogenated alkanes) is 9. The summed E-state index contributed by atoms with van der Waals surface area (Å²) < 4.78 is 34.3. The van der Waals surface area contributed by atoms with Crippen LogP contribution in [-0.4, -0.2) is 22.2 Å². The Hall–Kier alpha value is -2.83. The van der Waals surface area contributed by atoms with Crippen molar-refractivity contribution in [2.45, 2.75) is 117 Å². The fourth-order valence-electron chi connectivity index (χ4n) is 4.43. The zero-order valence-electron chi connectivity index (χ0n) is 23.6. The first kappa shape index (κ1) is 31.4. The molecule has 0 aliphatic carbocycles. The molecule has 0 heterocycles.